The Morgan fingerprint density at radius 3 is 3.00 bits per heavy atom. The Balaban J connectivity index is 1.89. The molecule has 1 unspecified atom stereocenters. The molecule has 2 rings (SSSR count). The highest BCUT2D eigenvalue weighted by atomic mass is 16.5. The summed E-state index contributed by atoms with van der Waals surface area (Å²) in [4.78, 5) is 14.1. The minimum Gasteiger partial charge on any atom is -0.483 e. The van der Waals surface area contributed by atoms with Crippen molar-refractivity contribution in [3.63, 3.8) is 0 Å². The van der Waals surface area contributed by atoms with E-state index < -0.39 is 0 Å². The fourth-order valence-electron chi connectivity index (χ4n) is 2.63. The normalized spacial score (nSPS) is 18.9. The van der Waals surface area contributed by atoms with Crippen molar-refractivity contribution in [2.75, 3.05) is 26.7 Å². The first-order valence-corrected chi connectivity index (χ1v) is 7.33. The Bertz CT molecular complexity index is 448. The number of hydrogen-bond acceptors (Lipinski definition) is 3. The van der Waals surface area contributed by atoms with E-state index in [0.29, 0.717) is 5.92 Å². The molecule has 110 valence electrons. The molecule has 0 aliphatic carbocycles. The van der Waals surface area contributed by atoms with Crippen LogP contribution in [0.15, 0.2) is 24.3 Å². The van der Waals surface area contributed by atoms with E-state index in [-0.39, 0.29) is 12.5 Å². The van der Waals surface area contributed by atoms with Crippen LogP contribution in [-0.2, 0) is 11.3 Å². The number of para-hydroxylation sites is 1. The third-order valence-corrected chi connectivity index (χ3v) is 3.70. The van der Waals surface area contributed by atoms with Gasteiger partial charge in [0.25, 0.3) is 5.91 Å². The van der Waals surface area contributed by atoms with Crippen LogP contribution in [0.1, 0.15) is 25.3 Å². The second kappa shape index (κ2) is 7.29. The molecule has 1 heterocycles. The number of carbonyl (C=O) groups excluding carboxylic acids is 1. The van der Waals surface area contributed by atoms with Gasteiger partial charge in [0.1, 0.15) is 5.75 Å². The third kappa shape index (κ3) is 3.97. The molecular weight excluding hydrogens is 252 g/mol. The van der Waals surface area contributed by atoms with Gasteiger partial charge in [0.15, 0.2) is 6.61 Å². The molecule has 1 aliphatic heterocycles. The van der Waals surface area contributed by atoms with E-state index in [1.165, 1.54) is 6.42 Å². The summed E-state index contributed by atoms with van der Waals surface area (Å²) >= 11 is 0. The molecule has 1 aliphatic rings. The lowest BCUT2D eigenvalue weighted by molar-refractivity contribution is -0.135. The first-order chi connectivity index (χ1) is 9.70. The summed E-state index contributed by atoms with van der Waals surface area (Å²) in [5, 5.41) is 3.11. The Morgan fingerprint density at radius 1 is 1.45 bits per heavy atom. The molecule has 1 atom stereocenters. The molecule has 1 amide bonds. The van der Waals surface area contributed by atoms with Crippen LogP contribution in [0.2, 0.25) is 0 Å². The molecule has 1 N–H and O–H groups in total. The average Bonchev–Trinajstić information content (AvgIpc) is 2.46. The lowest BCUT2D eigenvalue weighted by Crippen LogP contribution is -2.41. The molecule has 4 nitrogen and oxygen atoms in total. The van der Waals surface area contributed by atoms with E-state index >= 15 is 0 Å². The highest BCUT2D eigenvalue weighted by Crippen LogP contribution is 2.19. The summed E-state index contributed by atoms with van der Waals surface area (Å²) in [5.41, 5.74) is 1.08. The van der Waals surface area contributed by atoms with Crippen molar-refractivity contribution in [3.05, 3.63) is 29.8 Å². The zero-order valence-electron chi connectivity index (χ0n) is 12.4. The van der Waals surface area contributed by atoms with Crippen molar-refractivity contribution in [1.82, 2.24) is 10.2 Å². The van der Waals surface area contributed by atoms with Gasteiger partial charge in [-0.1, -0.05) is 25.1 Å². The molecule has 4 heteroatoms. The number of benzene rings is 1. The van der Waals surface area contributed by atoms with Crippen LogP contribution in [0, 0.1) is 5.92 Å². The smallest absolute Gasteiger partial charge is 0.260 e. The Labute approximate surface area is 121 Å². The van der Waals surface area contributed by atoms with Crippen LogP contribution in [-0.4, -0.2) is 37.6 Å². The van der Waals surface area contributed by atoms with E-state index in [9.17, 15) is 4.79 Å². The highest BCUT2D eigenvalue weighted by Gasteiger charge is 2.21. The van der Waals surface area contributed by atoms with Gasteiger partial charge >= 0.3 is 0 Å². The lowest BCUT2D eigenvalue weighted by atomic mass is 10.0. The summed E-state index contributed by atoms with van der Waals surface area (Å²) < 4.78 is 5.71. The monoisotopic (exact) mass is 276 g/mol. The van der Waals surface area contributed by atoms with Crippen LogP contribution in [0.5, 0.6) is 5.75 Å². The standard InChI is InChI=1S/C16H24N2O2/c1-13-6-5-9-18(11-13)16(19)12-20-15-8-4-3-7-14(15)10-17-2/h3-4,7-8,13,17H,5-6,9-12H2,1-2H3. The molecule has 1 aromatic rings. The van der Waals surface area contributed by atoms with Gasteiger partial charge in [-0.3, -0.25) is 4.79 Å². The van der Waals surface area contributed by atoms with Gasteiger partial charge in [0, 0.05) is 25.2 Å². The third-order valence-electron chi connectivity index (χ3n) is 3.70. The fourth-order valence-corrected chi connectivity index (χ4v) is 2.63. The number of nitrogens with one attached hydrogen (secondary N) is 1. The zero-order chi connectivity index (χ0) is 14.4. The molecule has 0 bridgehead atoms. The number of amides is 1. The van der Waals surface area contributed by atoms with Gasteiger partial charge in [-0.2, -0.15) is 0 Å². The maximum Gasteiger partial charge on any atom is 0.260 e. The average molecular weight is 276 g/mol. The number of rotatable bonds is 5. The molecule has 1 fully saturated rings. The minimum atomic E-state index is 0.0933. The largest absolute Gasteiger partial charge is 0.483 e. The van der Waals surface area contributed by atoms with Crippen LogP contribution in [0.4, 0.5) is 0 Å². The number of carbonyl (C=O) groups is 1. The van der Waals surface area contributed by atoms with Gasteiger partial charge in [0.2, 0.25) is 0 Å². The Kier molecular flexibility index (Phi) is 5.41. The van der Waals surface area contributed by atoms with E-state index in [2.05, 4.69) is 12.2 Å². The molecule has 1 aromatic carbocycles. The van der Waals surface area contributed by atoms with Crippen molar-refractivity contribution >= 4 is 5.91 Å². The molecule has 0 aromatic heterocycles. The summed E-state index contributed by atoms with van der Waals surface area (Å²) in [7, 11) is 1.90. The molecule has 0 radical (unpaired) electrons. The van der Waals surface area contributed by atoms with E-state index in [4.69, 9.17) is 4.74 Å². The number of nitrogens with zero attached hydrogens (tertiary/aromatic N) is 1. The van der Waals surface area contributed by atoms with Gasteiger partial charge in [-0.05, 0) is 31.9 Å². The van der Waals surface area contributed by atoms with Crippen molar-refractivity contribution < 1.29 is 9.53 Å². The Hall–Kier alpha value is -1.55. The molecule has 1 saturated heterocycles. The predicted molar refractivity (Wildman–Crippen MR) is 79.7 cm³/mol. The second-order valence-corrected chi connectivity index (χ2v) is 5.51. The van der Waals surface area contributed by atoms with Crippen molar-refractivity contribution in [3.8, 4) is 5.75 Å². The lowest BCUT2D eigenvalue weighted by Gasteiger charge is -2.30. The zero-order valence-corrected chi connectivity index (χ0v) is 12.4. The maximum absolute atomic E-state index is 12.2. The van der Waals surface area contributed by atoms with E-state index in [0.717, 1.165) is 37.4 Å². The van der Waals surface area contributed by atoms with Crippen LogP contribution >= 0.6 is 0 Å². The first-order valence-electron chi connectivity index (χ1n) is 7.33. The van der Waals surface area contributed by atoms with Crippen LogP contribution in [0.3, 0.4) is 0 Å². The van der Waals surface area contributed by atoms with Gasteiger partial charge in [-0.15, -0.1) is 0 Å². The molecule has 0 spiro atoms. The summed E-state index contributed by atoms with van der Waals surface area (Å²) in [5.74, 6) is 1.49. The molecular formula is C16H24N2O2. The predicted octanol–water partition coefficient (Wildman–Crippen LogP) is 2.04. The fraction of sp³-hybridized carbons (Fsp3) is 0.562. The van der Waals surface area contributed by atoms with E-state index in [1.807, 2.05) is 36.2 Å². The first kappa shape index (κ1) is 14.9. The minimum absolute atomic E-state index is 0.0933. The topological polar surface area (TPSA) is 41.6 Å². The molecule has 20 heavy (non-hydrogen) atoms. The summed E-state index contributed by atoms with van der Waals surface area (Å²) in [6, 6.07) is 7.84. The van der Waals surface area contributed by atoms with Crippen molar-refractivity contribution in [2.24, 2.45) is 5.92 Å². The van der Waals surface area contributed by atoms with Gasteiger partial charge in [0.05, 0.1) is 0 Å². The number of piperidine rings is 1. The highest BCUT2D eigenvalue weighted by molar-refractivity contribution is 5.77. The van der Waals surface area contributed by atoms with Crippen molar-refractivity contribution in [2.45, 2.75) is 26.3 Å². The number of ether oxygens (including phenoxy) is 1. The SMILES string of the molecule is CNCc1ccccc1OCC(=O)N1CCCC(C)C1. The summed E-state index contributed by atoms with van der Waals surface area (Å²) in [6.07, 6.45) is 2.32. The van der Waals surface area contributed by atoms with E-state index in [1.54, 1.807) is 0 Å². The van der Waals surface area contributed by atoms with Crippen LogP contribution < -0.4 is 10.1 Å². The quantitative estimate of drug-likeness (QED) is 0.895. The van der Waals surface area contributed by atoms with Gasteiger partial charge < -0.3 is 15.0 Å². The summed E-state index contributed by atoms with van der Waals surface area (Å²) in [6.45, 7) is 4.80. The van der Waals surface area contributed by atoms with Crippen molar-refractivity contribution in [1.29, 1.82) is 0 Å². The van der Waals surface area contributed by atoms with Crippen LogP contribution in [0.25, 0.3) is 0 Å². The number of hydrogen-bond donors (Lipinski definition) is 1. The Morgan fingerprint density at radius 2 is 2.25 bits per heavy atom. The maximum atomic E-state index is 12.2. The van der Waals surface area contributed by atoms with Gasteiger partial charge in [-0.25, -0.2) is 0 Å². The second-order valence-electron chi connectivity index (χ2n) is 5.51. The molecule has 0 saturated carbocycles. The number of likely N-dealkylation sites (tertiary alicyclic amines) is 1.